The van der Waals surface area contributed by atoms with Crippen LogP contribution >= 0.6 is 0 Å². The summed E-state index contributed by atoms with van der Waals surface area (Å²) in [6.07, 6.45) is 0.274. The third kappa shape index (κ3) is 3.05. The quantitative estimate of drug-likeness (QED) is 0.618. The van der Waals surface area contributed by atoms with Crippen LogP contribution in [-0.2, 0) is 4.79 Å². The highest BCUT2D eigenvalue weighted by molar-refractivity contribution is 5.76. The van der Waals surface area contributed by atoms with Gasteiger partial charge in [-0.15, -0.1) is 0 Å². The van der Waals surface area contributed by atoms with E-state index in [9.17, 15) is 4.79 Å². The normalized spacial score (nSPS) is 9.67. The van der Waals surface area contributed by atoms with Gasteiger partial charge in [0.15, 0.2) is 0 Å². The molecule has 82 valence electrons. The molecule has 0 bridgehead atoms. The van der Waals surface area contributed by atoms with Gasteiger partial charge in [0.2, 0.25) is 5.91 Å². The summed E-state index contributed by atoms with van der Waals surface area (Å²) in [5.74, 6) is 0.267. The van der Waals surface area contributed by atoms with E-state index >= 15 is 0 Å². The lowest BCUT2D eigenvalue weighted by Crippen LogP contribution is -2.16. The molecular weight excluding hydrogens is 194 g/mol. The van der Waals surface area contributed by atoms with Gasteiger partial charge in [0, 0.05) is 13.0 Å². The molecule has 0 aliphatic heterocycles. The van der Waals surface area contributed by atoms with Crippen molar-refractivity contribution in [1.29, 1.82) is 0 Å². The van der Waals surface area contributed by atoms with E-state index in [1.54, 1.807) is 13.2 Å². The number of hydrogen-bond acceptors (Lipinski definition) is 4. The molecule has 15 heavy (non-hydrogen) atoms. The van der Waals surface area contributed by atoms with Crippen molar-refractivity contribution in [2.45, 2.75) is 6.42 Å². The Labute approximate surface area is 88.4 Å². The first-order valence-electron chi connectivity index (χ1n) is 4.59. The molecule has 0 unspecified atom stereocenters. The molecule has 0 aliphatic rings. The maximum absolute atomic E-state index is 10.5. The highest BCUT2D eigenvalue weighted by Gasteiger charge is 2.04. The molecule has 0 saturated carbocycles. The molecule has 1 aromatic rings. The lowest BCUT2D eigenvalue weighted by Gasteiger charge is -2.11. The number of nitrogen functional groups attached to an aromatic ring is 1. The van der Waals surface area contributed by atoms with Gasteiger partial charge < -0.3 is 21.5 Å². The van der Waals surface area contributed by atoms with E-state index < -0.39 is 0 Å². The highest BCUT2D eigenvalue weighted by Crippen LogP contribution is 2.28. The number of carbonyl (C=O) groups excluding carboxylic acids is 1. The monoisotopic (exact) mass is 209 g/mol. The van der Waals surface area contributed by atoms with E-state index in [2.05, 4.69) is 5.32 Å². The Kier molecular flexibility index (Phi) is 3.79. The number of amides is 1. The third-order valence-corrected chi connectivity index (χ3v) is 1.97. The molecule has 5 heteroatoms. The molecule has 5 nitrogen and oxygen atoms in total. The lowest BCUT2D eigenvalue weighted by atomic mass is 10.2. The fraction of sp³-hybridized carbons (Fsp3) is 0.300. The van der Waals surface area contributed by atoms with Crippen LogP contribution in [0.5, 0.6) is 5.75 Å². The van der Waals surface area contributed by atoms with Crippen molar-refractivity contribution in [2.75, 3.05) is 24.7 Å². The zero-order valence-corrected chi connectivity index (χ0v) is 8.62. The van der Waals surface area contributed by atoms with Gasteiger partial charge in [-0.1, -0.05) is 6.07 Å². The number of nitrogens with two attached hydrogens (primary N) is 2. The van der Waals surface area contributed by atoms with Crippen LogP contribution in [0, 0.1) is 0 Å². The molecule has 0 atom stereocenters. The van der Waals surface area contributed by atoms with Crippen LogP contribution in [0.2, 0.25) is 0 Å². The molecule has 0 aliphatic carbocycles. The van der Waals surface area contributed by atoms with Crippen LogP contribution in [0.3, 0.4) is 0 Å². The first-order chi connectivity index (χ1) is 7.15. The molecule has 0 saturated heterocycles. The third-order valence-electron chi connectivity index (χ3n) is 1.97. The second-order valence-electron chi connectivity index (χ2n) is 3.06. The van der Waals surface area contributed by atoms with Crippen molar-refractivity contribution in [1.82, 2.24) is 0 Å². The molecular formula is C10H15N3O2. The van der Waals surface area contributed by atoms with E-state index in [0.717, 1.165) is 5.69 Å². The van der Waals surface area contributed by atoms with Gasteiger partial charge in [-0.25, -0.2) is 0 Å². The van der Waals surface area contributed by atoms with Crippen molar-refractivity contribution in [3.63, 3.8) is 0 Å². The van der Waals surface area contributed by atoms with E-state index in [4.69, 9.17) is 16.2 Å². The van der Waals surface area contributed by atoms with Gasteiger partial charge in [-0.3, -0.25) is 4.79 Å². The number of carbonyl (C=O) groups is 1. The van der Waals surface area contributed by atoms with Crippen LogP contribution in [0.4, 0.5) is 11.4 Å². The molecule has 5 N–H and O–H groups in total. The summed E-state index contributed by atoms with van der Waals surface area (Å²) in [6.45, 7) is 0.465. The van der Waals surface area contributed by atoms with Crippen molar-refractivity contribution in [3.05, 3.63) is 18.2 Å². The fourth-order valence-electron chi connectivity index (χ4n) is 1.20. The summed E-state index contributed by atoms with van der Waals surface area (Å²) in [4.78, 5) is 10.5. The molecule has 1 rings (SSSR count). The Morgan fingerprint density at radius 3 is 2.87 bits per heavy atom. The minimum atomic E-state index is -0.344. The number of ether oxygens (including phenoxy) is 1. The minimum absolute atomic E-state index is 0.274. The minimum Gasteiger partial charge on any atom is -0.495 e. The molecule has 1 aromatic carbocycles. The smallest absolute Gasteiger partial charge is 0.219 e. The van der Waals surface area contributed by atoms with E-state index in [1.165, 1.54) is 0 Å². The maximum Gasteiger partial charge on any atom is 0.219 e. The Bertz CT molecular complexity index is 353. The predicted molar refractivity (Wildman–Crippen MR) is 59.7 cm³/mol. The Morgan fingerprint density at radius 1 is 1.53 bits per heavy atom. The second kappa shape index (κ2) is 5.09. The average Bonchev–Trinajstić information content (AvgIpc) is 2.20. The number of hydrogen-bond donors (Lipinski definition) is 3. The summed E-state index contributed by atoms with van der Waals surface area (Å²) in [5.41, 5.74) is 12.1. The summed E-state index contributed by atoms with van der Waals surface area (Å²) in [6, 6.07) is 5.41. The van der Waals surface area contributed by atoms with E-state index in [1.807, 2.05) is 12.1 Å². The van der Waals surface area contributed by atoms with Crippen LogP contribution < -0.4 is 21.5 Å². The Morgan fingerprint density at radius 2 is 2.27 bits per heavy atom. The standard InChI is InChI=1S/C10H15N3O2/c1-15-8-4-2-3-7(10(8)12)13-6-5-9(11)14/h2-4,13H,5-6,12H2,1H3,(H2,11,14). The number of primary amides is 1. The molecule has 0 heterocycles. The fourth-order valence-corrected chi connectivity index (χ4v) is 1.20. The van der Waals surface area contributed by atoms with Crippen molar-refractivity contribution in [3.8, 4) is 5.75 Å². The van der Waals surface area contributed by atoms with Crippen LogP contribution in [0.1, 0.15) is 6.42 Å². The Balaban J connectivity index is 2.64. The predicted octanol–water partition coefficient (Wildman–Crippen LogP) is 0.565. The number of nitrogens with one attached hydrogen (secondary N) is 1. The van der Waals surface area contributed by atoms with Crippen molar-refractivity contribution < 1.29 is 9.53 Å². The highest BCUT2D eigenvalue weighted by atomic mass is 16.5. The molecule has 0 aromatic heterocycles. The van der Waals surface area contributed by atoms with Crippen LogP contribution in [-0.4, -0.2) is 19.6 Å². The van der Waals surface area contributed by atoms with E-state index in [0.29, 0.717) is 18.0 Å². The van der Waals surface area contributed by atoms with Crippen molar-refractivity contribution in [2.24, 2.45) is 5.73 Å². The SMILES string of the molecule is COc1cccc(NCCC(N)=O)c1N. The molecule has 0 radical (unpaired) electrons. The molecule has 0 fully saturated rings. The lowest BCUT2D eigenvalue weighted by molar-refractivity contribution is -0.117. The van der Waals surface area contributed by atoms with Gasteiger partial charge in [-0.05, 0) is 12.1 Å². The summed E-state index contributed by atoms with van der Waals surface area (Å²) < 4.78 is 5.06. The zero-order chi connectivity index (χ0) is 11.3. The second-order valence-corrected chi connectivity index (χ2v) is 3.06. The van der Waals surface area contributed by atoms with Crippen LogP contribution in [0.25, 0.3) is 0 Å². The first-order valence-corrected chi connectivity index (χ1v) is 4.59. The number of benzene rings is 1. The molecule has 0 spiro atoms. The van der Waals surface area contributed by atoms with Gasteiger partial charge in [0.05, 0.1) is 18.5 Å². The number of methoxy groups -OCH3 is 1. The van der Waals surface area contributed by atoms with Crippen molar-refractivity contribution >= 4 is 17.3 Å². The number of rotatable bonds is 5. The van der Waals surface area contributed by atoms with Crippen LogP contribution in [0.15, 0.2) is 18.2 Å². The summed E-state index contributed by atoms with van der Waals surface area (Å²) in [7, 11) is 1.55. The van der Waals surface area contributed by atoms with Gasteiger partial charge in [0.1, 0.15) is 5.75 Å². The average molecular weight is 209 g/mol. The summed E-state index contributed by atoms with van der Waals surface area (Å²) in [5, 5.41) is 3.01. The number of anilines is 2. The number of para-hydroxylation sites is 1. The largest absolute Gasteiger partial charge is 0.495 e. The van der Waals surface area contributed by atoms with Gasteiger partial charge in [-0.2, -0.15) is 0 Å². The Hall–Kier alpha value is -1.91. The summed E-state index contributed by atoms with van der Waals surface area (Å²) >= 11 is 0. The van der Waals surface area contributed by atoms with Gasteiger partial charge >= 0.3 is 0 Å². The van der Waals surface area contributed by atoms with E-state index in [-0.39, 0.29) is 12.3 Å². The van der Waals surface area contributed by atoms with Gasteiger partial charge in [0.25, 0.3) is 0 Å². The first kappa shape index (κ1) is 11.2. The molecule has 1 amide bonds. The maximum atomic E-state index is 10.5. The zero-order valence-electron chi connectivity index (χ0n) is 8.62. The topological polar surface area (TPSA) is 90.4 Å².